The summed E-state index contributed by atoms with van der Waals surface area (Å²) in [6.45, 7) is 2.69. The summed E-state index contributed by atoms with van der Waals surface area (Å²) in [5.41, 5.74) is 4.98. The van der Waals surface area contributed by atoms with Crippen LogP contribution in [0.25, 0.3) is 6.08 Å². The van der Waals surface area contributed by atoms with Crippen LogP contribution >= 0.6 is 12.2 Å². The SMILES string of the molecule is CCOc1ccccc1N1C(=O)/C(=C\c2ccc(OC)c(COc3ccccc3Cc3ccccc3)c2)NC1=S. The van der Waals surface area contributed by atoms with Gasteiger partial charge in [-0.25, -0.2) is 4.90 Å². The molecule has 0 spiro atoms. The minimum atomic E-state index is -0.249. The Kier molecular flexibility index (Phi) is 8.42. The molecule has 6 nitrogen and oxygen atoms in total. The monoisotopic (exact) mass is 550 g/mol. The fourth-order valence-corrected chi connectivity index (χ4v) is 4.89. The van der Waals surface area contributed by atoms with Gasteiger partial charge in [0.25, 0.3) is 5.91 Å². The highest BCUT2D eigenvalue weighted by Crippen LogP contribution is 2.32. The number of nitrogens with one attached hydrogen (secondary N) is 1. The first kappa shape index (κ1) is 27.0. The molecule has 1 aliphatic heterocycles. The fraction of sp³-hybridized carbons (Fsp3) is 0.152. The predicted octanol–water partition coefficient (Wildman–Crippen LogP) is 6.53. The molecule has 1 heterocycles. The predicted molar refractivity (Wildman–Crippen MR) is 162 cm³/mol. The molecule has 1 aliphatic rings. The number of rotatable bonds is 10. The molecule has 202 valence electrons. The Bertz CT molecular complexity index is 1550. The molecule has 1 N–H and O–H groups in total. The second kappa shape index (κ2) is 12.5. The van der Waals surface area contributed by atoms with Gasteiger partial charge in [-0.15, -0.1) is 0 Å². The minimum absolute atomic E-state index is 0.249. The van der Waals surface area contributed by atoms with Crippen molar-refractivity contribution in [2.45, 2.75) is 20.0 Å². The van der Waals surface area contributed by atoms with Crippen molar-refractivity contribution in [3.05, 3.63) is 125 Å². The smallest absolute Gasteiger partial charge is 0.281 e. The lowest BCUT2D eigenvalue weighted by Gasteiger charge is -2.18. The van der Waals surface area contributed by atoms with Crippen LogP contribution in [-0.4, -0.2) is 24.7 Å². The zero-order valence-electron chi connectivity index (χ0n) is 22.4. The molecule has 0 saturated carbocycles. The molecule has 1 fully saturated rings. The first-order valence-electron chi connectivity index (χ1n) is 13.1. The molecule has 5 rings (SSSR count). The van der Waals surface area contributed by atoms with E-state index < -0.39 is 0 Å². The number of carbonyl (C=O) groups excluding carboxylic acids is 1. The van der Waals surface area contributed by atoms with E-state index in [0.717, 1.165) is 28.9 Å². The number of benzene rings is 4. The van der Waals surface area contributed by atoms with Crippen LogP contribution in [0.2, 0.25) is 0 Å². The van der Waals surface area contributed by atoms with Crippen molar-refractivity contribution >= 4 is 35.0 Å². The number of anilines is 1. The maximum Gasteiger partial charge on any atom is 0.281 e. The standard InChI is InChI=1S/C33H30N2O4S/c1-3-38-31-16-10-8-14-28(31)35-32(36)27(34-33(35)40)21-24-17-18-29(37-2)26(20-24)22-39-30-15-9-7-13-25(30)19-23-11-5-4-6-12-23/h4-18,20-21H,3,19,22H2,1-2H3,(H,34,40)/b27-21+. The van der Waals surface area contributed by atoms with Crippen molar-refractivity contribution in [3.8, 4) is 17.2 Å². The summed E-state index contributed by atoms with van der Waals surface area (Å²) in [5, 5.41) is 3.36. The molecule has 1 amide bonds. The third-order valence-corrected chi connectivity index (χ3v) is 6.78. The van der Waals surface area contributed by atoms with Gasteiger partial charge in [0.15, 0.2) is 5.11 Å². The topological polar surface area (TPSA) is 60.0 Å². The molecule has 0 atom stereocenters. The van der Waals surface area contributed by atoms with Gasteiger partial charge in [0.1, 0.15) is 29.6 Å². The lowest BCUT2D eigenvalue weighted by molar-refractivity contribution is -0.113. The van der Waals surface area contributed by atoms with E-state index in [1.165, 1.54) is 10.5 Å². The Morgan fingerprint density at radius 1 is 0.825 bits per heavy atom. The van der Waals surface area contributed by atoms with Gasteiger partial charge in [-0.3, -0.25) is 4.79 Å². The molecule has 0 radical (unpaired) electrons. The zero-order valence-corrected chi connectivity index (χ0v) is 23.2. The van der Waals surface area contributed by atoms with E-state index in [-0.39, 0.29) is 5.91 Å². The molecule has 40 heavy (non-hydrogen) atoms. The second-order valence-electron chi connectivity index (χ2n) is 9.16. The molecule has 7 heteroatoms. The van der Waals surface area contributed by atoms with E-state index in [1.54, 1.807) is 13.2 Å². The largest absolute Gasteiger partial charge is 0.496 e. The van der Waals surface area contributed by atoms with E-state index in [9.17, 15) is 4.79 Å². The van der Waals surface area contributed by atoms with Crippen molar-refractivity contribution in [2.75, 3.05) is 18.6 Å². The van der Waals surface area contributed by atoms with Crippen molar-refractivity contribution in [1.82, 2.24) is 5.32 Å². The van der Waals surface area contributed by atoms with Gasteiger partial charge in [0.2, 0.25) is 0 Å². The fourth-order valence-electron chi connectivity index (χ4n) is 4.60. The molecule has 0 aliphatic carbocycles. The number of carbonyl (C=O) groups is 1. The van der Waals surface area contributed by atoms with Crippen LogP contribution < -0.4 is 24.4 Å². The average molecular weight is 551 g/mol. The number of para-hydroxylation sites is 3. The highest BCUT2D eigenvalue weighted by atomic mass is 32.1. The number of hydrogen-bond acceptors (Lipinski definition) is 5. The molecule has 0 bridgehead atoms. The van der Waals surface area contributed by atoms with Crippen LogP contribution in [0.15, 0.2) is 103 Å². The van der Waals surface area contributed by atoms with Gasteiger partial charge in [-0.2, -0.15) is 0 Å². The summed E-state index contributed by atoms with van der Waals surface area (Å²) in [7, 11) is 1.63. The Balaban J connectivity index is 1.36. The summed E-state index contributed by atoms with van der Waals surface area (Å²) in [4.78, 5) is 14.8. The van der Waals surface area contributed by atoms with Crippen molar-refractivity contribution in [2.24, 2.45) is 0 Å². The molecule has 0 aromatic heterocycles. The Morgan fingerprint density at radius 3 is 2.33 bits per heavy atom. The number of ether oxygens (including phenoxy) is 3. The Hall–Kier alpha value is -4.62. The number of amides is 1. The molecular weight excluding hydrogens is 520 g/mol. The number of methoxy groups -OCH3 is 1. The summed E-state index contributed by atoms with van der Waals surface area (Å²) in [5.74, 6) is 1.87. The molecule has 4 aromatic rings. The van der Waals surface area contributed by atoms with Crippen LogP contribution in [-0.2, 0) is 17.8 Å². The number of thiocarbonyl (C=S) groups is 1. The van der Waals surface area contributed by atoms with Crippen LogP contribution in [0.3, 0.4) is 0 Å². The maximum absolute atomic E-state index is 13.4. The van der Waals surface area contributed by atoms with E-state index in [1.807, 2.05) is 85.8 Å². The number of nitrogens with zero attached hydrogens (tertiary/aromatic N) is 1. The van der Waals surface area contributed by atoms with Gasteiger partial charge in [0.05, 0.1) is 19.4 Å². The van der Waals surface area contributed by atoms with Gasteiger partial charge in [-0.05, 0) is 72.2 Å². The summed E-state index contributed by atoms with van der Waals surface area (Å²) in [6, 6.07) is 31.4. The Morgan fingerprint density at radius 2 is 1.55 bits per heavy atom. The maximum atomic E-state index is 13.4. The van der Waals surface area contributed by atoms with Crippen LogP contribution in [0, 0.1) is 0 Å². The highest BCUT2D eigenvalue weighted by Gasteiger charge is 2.33. The minimum Gasteiger partial charge on any atom is -0.496 e. The van der Waals surface area contributed by atoms with Gasteiger partial charge >= 0.3 is 0 Å². The molecule has 1 saturated heterocycles. The Labute approximate surface area is 239 Å². The zero-order chi connectivity index (χ0) is 27.9. The number of hydrogen-bond donors (Lipinski definition) is 1. The van der Waals surface area contributed by atoms with E-state index in [2.05, 4.69) is 23.5 Å². The lowest BCUT2D eigenvalue weighted by Crippen LogP contribution is -2.30. The van der Waals surface area contributed by atoms with Crippen LogP contribution in [0.4, 0.5) is 5.69 Å². The first-order chi connectivity index (χ1) is 19.6. The van der Waals surface area contributed by atoms with E-state index in [0.29, 0.717) is 41.2 Å². The summed E-state index contributed by atoms with van der Waals surface area (Å²) >= 11 is 5.51. The lowest BCUT2D eigenvalue weighted by atomic mass is 10.0. The quantitative estimate of drug-likeness (QED) is 0.179. The molecule has 4 aromatic carbocycles. The van der Waals surface area contributed by atoms with Crippen molar-refractivity contribution in [3.63, 3.8) is 0 Å². The first-order valence-corrected chi connectivity index (χ1v) is 13.5. The average Bonchev–Trinajstić information content (AvgIpc) is 3.25. The normalized spacial score (nSPS) is 13.8. The molecular formula is C33H30N2O4S. The van der Waals surface area contributed by atoms with Crippen LogP contribution in [0.1, 0.15) is 29.2 Å². The molecule has 0 unspecified atom stereocenters. The van der Waals surface area contributed by atoms with E-state index in [4.69, 9.17) is 26.4 Å². The second-order valence-corrected chi connectivity index (χ2v) is 9.55. The highest BCUT2D eigenvalue weighted by molar-refractivity contribution is 7.80. The third kappa shape index (κ3) is 6.00. The van der Waals surface area contributed by atoms with Gasteiger partial charge in [0, 0.05) is 12.0 Å². The summed E-state index contributed by atoms with van der Waals surface area (Å²) < 4.78 is 17.6. The summed E-state index contributed by atoms with van der Waals surface area (Å²) in [6.07, 6.45) is 2.56. The van der Waals surface area contributed by atoms with Crippen molar-refractivity contribution in [1.29, 1.82) is 0 Å². The van der Waals surface area contributed by atoms with Gasteiger partial charge in [-0.1, -0.05) is 66.7 Å². The van der Waals surface area contributed by atoms with E-state index >= 15 is 0 Å². The van der Waals surface area contributed by atoms with Gasteiger partial charge < -0.3 is 19.5 Å². The van der Waals surface area contributed by atoms with Crippen molar-refractivity contribution < 1.29 is 19.0 Å². The van der Waals surface area contributed by atoms with Crippen LogP contribution in [0.5, 0.6) is 17.2 Å². The third-order valence-electron chi connectivity index (χ3n) is 6.49.